The Balaban J connectivity index is 1.70. The summed E-state index contributed by atoms with van der Waals surface area (Å²) in [6, 6.07) is 0. The smallest absolute Gasteiger partial charge is 0.0813 e. The molecule has 0 radical (unpaired) electrons. The fourth-order valence-electron chi connectivity index (χ4n) is 3.22. The highest BCUT2D eigenvalue weighted by Gasteiger charge is 2.27. The Morgan fingerprint density at radius 2 is 1.88 bits per heavy atom. The summed E-state index contributed by atoms with van der Waals surface area (Å²) in [4.78, 5) is 0. The van der Waals surface area contributed by atoms with Crippen molar-refractivity contribution in [3.05, 3.63) is 0 Å². The molecule has 2 unspecified atom stereocenters. The molecule has 0 aromatic rings. The van der Waals surface area contributed by atoms with E-state index in [0.717, 1.165) is 18.9 Å². The molecule has 4 atom stereocenters. The molecule has 0 aromatic carbocycles. The van der Waals surface area contributed by atoms with E-state index in [9.17, 15) is 0 Å². The molecule has 0 spiro atoms. The van der Waals surface area contributed by atoms with Crippen LogP contribution in [0.15, 0.2) is 0 Å². The van der Waals surface area contributed by atoms with Gasteiger partial charge in [0.05, 0.1) is 24.9 Å². The van der Waals surface area contributed by atoms with Crippen LogP contribution in [0.1, 0.15) is 65.2 Å². The lowest BCUT2D eigenvalue weighted by atomic mass is 9.85. The molecule has 1 aliphatic carbocycles. The maximum Gasteiger partial charge on any atom is 0.0813 e. The second-order valence-electron chi connectivity index (χ2n) is 5.76. The second kappa shape index (κ2) is 6.75. The van der Waals surface area contributed by atoms with Gasteiger partial charge in [0.15, 0.2) is 0 Å². The molecule has 1 saturated carbocycles. The van der Waals surface area contributed by atoms with Crippen LogP contribution < -0.4 is 0 Å². The minimum absolute atomic E-state index is 0.374. The average molecular weight is 240 g/mol. The van der Waals surface area contributed by atoms with Crippen molar-refractivity contribution in [2.75, 3.05) is 6.61 Å². The van der Waals surface area contributed by atoms with E-state index in [-0.39, 0.29) is 0 Å². The van der Waals surface area contributed by atoms with E-state index in [1.165, 1.54) is 44.9 Å². The molecule has 0 bridgehead atoms. The highest BCUT2D eigenvalue weighted by molar-refractivity contribution is 4.76. The van der Waals surface area contributed by atoms with Crippen molar-refractivity contribution in [2.45, 2.75) is 83.5 Å². The van der Waals surface area contributed by atoms with Gasteiger partial charge in [-0.25, -0.2) is 0 Å². The van der Waals surface area contributed by atoms with E-state index in [2.05, 4.69) is 13.8 Å². The largest absolute Gasteiger partial charge is 0.376 e. The lowest BCUT2D eigenvalue weighted by molar-refractivity contribution is -0.121. The Morgan fingerprint density at radius 3 is 2.53 bits per heavy atom. The summed E-state index contributed by atoms with van der Waals surface area (Å²) >= 11 is 0. The second-order valence-corrected chi connectivity index (χ2v) is 5.76. The van der Waals surface area contributed by atoms with Crippen LogP contribution in [-0.2, 0) is 9.47 Å². The SMILES string of the molecule is CCC1CCC[C@H](O[C@H]2CCC(CC)OC2)C1. The summed E-state index contributed by atoms with van der Waals surface area (Å²) < 4.78 is 12.0. The summed E-state index contributed by atoms with van der Waals surface area (Å²) in [5, 5.41) is 0. The molecule has 1 saturated heterocycles. The third-order valence-electron chi connectivity index (χ3n) is 4.48. The predicted molar refractivity (Wildman–Crippen MR) is 70.2 cm³/mol. The average Bonchev–Trinajstić information content (AvgIpc) is 2.40. The van der Waals surface area contributed by atoms with Crippen molar-refractivity contribution >= 4 is 0 Å². The first-order valence-corrected chi connectivity index (χ1v) is 7.58. The maximum atomic E-state index is 6.23. The zero-order valence-corrected chi connectivity index (χ0v) is 11.5. The van der Waals surface area contributed by atoms with Gasteiger partial charge < -0.3 is 9.47 Å². The van der Waals surface area contributed by atoms with Crippen molar-refractivity contribution in [3.8, 4) is 0 Å². The molecule has 2 aliphatic rings. The summed E-state index contributed by atoms with van der Waals surface area (Å²) in [6.45, 7) is 5.34. The molecule has 17 heavy (non-hydrogen) atoms. The van der Waals surface area contributed by atoms with Gasteiger partial charge in [-0.1, -0.05) is 33.1 Å². The van der Waals surface area contributed by atoms with Crippen LogP contribution in [0, 0.1) is 5.92 Å². The van der Waals surface area contributed by atoms with Crippen molar-refractivity contribution in [3.63, 3.8) is 0 Å². The fourth-order valence-corrected chi connectivity index (χ4v) is 3.22. The number of hydrogen-bond acceptors (Lipinski definition) is 2. The Labute approximate surface area is 106 Å². The van der Waals surface area contributed by atoms with Gasteiger partial charge in [0.25, 0.3) is 0 Å². The molecule has 0 aromatic heterocycles. The quantitative estimate of drug-likeness (QED) is 0.741. The number of ether oxygens (including phenoxy) is 2. The molecule has 2 rings (SSSR count). The van der Waals surface area contributed by atoms with E-state index < -0.39 is 0 Å². The van der Waals surface area contributed by atoms with Gasteiger partial charge in [0.1, 0.15) is 0 Å². The minimum atomic E-state index is 0.374. The predicted octanol–water partition coefficient (Wildman–Crippen LogP) is 3.93. The van der Waals surface area contributed by atoms with Crippen LogP contribution in [-0.4, -0.2) is 24.9 Å². The highest BCUT2D eigenvalue weighted by Crippen LogP contribution is 2.30. The van der Waals surface area contributed by atoms with Gasteiger partial charge in [-0.05, 0) is 38.0 Å². The lowest BCUT2D eigenvalue weighted by Gasteiger charge is -2.34. The van der Waals surface area contributed by atoms with Crippen LogP contribution in [0.25, 0.3) is 0 Å². The van der Waals surface area contributed by atoms with Crippen LogP contribution >= 0.6 is 0 Å². The fraction of sp³-hybridized carbons (Fsp3) is 1.00. The summed E-state index contributed by atoms with van der Waals surface area (Å²) in [5.41, 5.74) is 0. The minimum Gasteiger partial charge on any atom is -0.376 e. The third kappa shape index (κ3) is 3.96. The van der Waals surface area contributed by atoms with E-state index in [0.29, 0.717) is 18.3 Å². The molecular weight excluding hydrogens is 212 g/mol. The first-order valence-electron chi connectivity index (χ1n) is 7.58. The van der Waals surface area contributed by atoms with Crippen molar-refractivity contribution < 1.29 is 9.47 Å². The molecule has 1 heterocycles. The third-order valence-corrected chi connectivity index (χ3v) is 4.48. The zero-order valence-electron chi connectivity index (χ0n) is 11.5. The maximum absolute atomic E-state index is 6.23. The number of hydrogen-bond donors (Lipinski definition) is 0. The first kappa shape index (κ1) is 13.4. The van der Waals surface area contributed by atoms with E-state index in [1.54, 1.807) is 0 Å². The zero-order chi connectivity index (χ0) is 12.1. The molecule has 0 N–H and O–H groups in total. The van der Waals surface area contributed by atoms with Gasteiger partial charge in [0, 0.05) is 0 Å². The normalized spacial score (nSPS) is 39.2. The van der Waals surface area contributed by atoms with E-state index in [1.807, 2.05) is 0 Å². The van der Waals surface area contributed by atoms with E-state index in [4.69, 9.17) is 9.47 Å². The Kier molecular flexibility index (Phi) is 5.30. The number of rotatable bonds is 4. The Morgan fingerprint density at radius 1 is 1.00 bits per heavy atom. The molecule has 1 aliphatic heterocycles. The summed E-state index contributed by atoms with van der Waals surface area (Å²) in [7, 11) is 0. The Hall–Kier alpha value is -0.0800. The molecule has 0 amide bonds. The summed E-state index contributed by atoms with van der Waals surface area (Å²) in [5.74, 6) is 0.904. The van der Waals surface area contributed by atoms with Crippen LogP contribution in [0.2, 0.25) is 0 Å². The van der Waals surface area contributed by atoms with Crippen LogP contribution in [0.5, 0.6) is 0 Å². The topological polar surface area (TPSA) is 18.5 Å². The van der Waals surface area contributed by atoms with E-state index >= 15 is 0 Å². The monoisotopic (exact) mass is 240 g/mol. The van der Waals surface area contributed by atoms with Crippen LogP contribution in [0.4, 0.5) is 0 Å². The molecule has 2 heteroatoms. The van der Waals surface area contributed by atoms with Gasteiger partial charge in [-0.3, -0.25) is 0 Å². The summed E-state index contributed by atoms with van der Waals surface area (Å²) in [6.07, 6.45) is 11.5. The Bertz CT molecular complexity index is 209. The molecule has 2 nitrogen and oxygen atoms in total. The lowest BCUT2D eigenvalue weighted by Crippen LogP contribution is -2.35. The van der Waals surface area contributed by atoms with Crippen molar-refractivity contribution in [2.24, 2.45) is 5.92 Å². The van der Waals surface area contributed by atoms with Gasteiger partial charge in [-0.2, -0.15) is 0 Å². The molecule has 100 valence electrons. The molecule has 2 fully saturated rings. The molecular formula is C15H28O2. The van der Waals surface area contributed by atoms with Gasteiger partial charge in [-0.15, -0.1) is 0 Å². The van der Waals surface area contributed by atoms with Gasteiger partial charge in [0.2, 0.25) is 0 Å². The van der Waals surface area contributed by atoms with Crippen molar-refractivity contribution in [1.29, 1.82) is 0 Å². The highest BCUT2D eigenvalue weighted by atomic mass is 16.5. The van der Waals surface area contributed by atoms with Crippen molar-refractivity contribution in [1.82, 2.24) is 0 Å². The first-order chi connectivity index (χ1) is 8.31. The van der Waals surface area contributed by atoms with Gasteiger partial charge >= 0.3 is 0 Å². The standard InChI is InChI=1S/C15H28O2/c1-3-12-6-5-7-14(10-12)17-15-9-8-13(4-2)16-11-15/h12-15H,3-11H2,1-2H3/t12?,13?,14-,15-/m0/s1. The van der Waals surface area contributed by atoms with Crippen LogP contribution in [0.3, 0.4) is 0 Å².